The summed E-state index contributed by atoms with van der Waals surface area (Å²) < 4.78 is 24.7. The number of hydrogen-bond acceptors (Lipinski definition) is 3. The van der Waals surface area contributed by atoms with Crippen molar-refractivity contribution < 1.29 is 8.42 Å². The largest absolute Gasteiger partial charge is 0.330 e. The molecule has 1 saturated heterocycles. The molecule has 1 heterocycles. The number of hydrogen-bond donors (Lipinski definition) is 1. The van der Waals surface area contributed by atoms with Gasteiger partial charge in [-0.05, 0) is 33.2 Å². The average molecular weight is 206 g/mol. The van der Waals surface area contributed by atoms with E-state index in [2.05, 4.69) is 0 Å². The Labute approximate surface area is 80.1 Å². The Kier molecular flexibility index (Phi) is 2.99. The van der Waals surface area contributed by atoms with Gasteiger partial charge in [0.1, 0.15) is 0 Å². The summed E-state index contributed by atoms with van der Waals surface area (Å²) in [5.74, 6) is 0.293. The lowest BCUT2D eigenvalue weighted by Gasteiger charge is -2.33. The van der Waals surface area contributed by atoms with Gasteiger partial charge < -0.3 is 5.73 Å². The van der Waals surface area contributed by atoms with Crippen LogP contribution in [0.3, 0.4) is 0 Å². The van der Waals surface area contributed by atoms with Crippen LogP contribution >= 0.6 is 0 Å². The molecule has 0 radical (unpaired) electrons. The van der Waals surface area contributed by atoms with E-state index in [1.807, 2.05) is 13.8 Å². The molecule has 0 spiro atoms. The molecule has 13 heavy (non-hydrogen) atoms. The van der Waals surface area contributed by atoms with Crippen molar-refractivity contribution in [2.45, 2.75) is 32.2 Å². The topological polar surface area (TPSA) is 63.4 Å². The van der Waals surface area contributed by atoms with E-state index in [9.17, 15) is 8.42 Å². The Morgan fingerprint density at radius 2 is 2.08 bits per heavy atom. The van der Waals surface area contributed by atoms with Crippen molar-refractivity contribution in [1.29, 1.82) is 0 Å². The molecule has 0 aromatic rings. The molecule has 1 aliphatic heterocycles. The molecule has 0 amide bonds. The minimum absolute atomic E-state index is 0.293. The van der Waals surface area contributed by atoms with Gasteiger partial charge in [-0.3, -0.25) is 0 Å². The van der Waals surface area contributed by atoms with Crippen LogP contribution in [-0.4, -0.2) is 37.1 Å². The van der Waals surface area contributed by atoms with Gasteiger partial charge in [0.25, 0.3) is 0 Å². The number of nitrogens with two attached hydrogens (primary N) is 1. The van der Waals surface area contributed by atoms with Gasteiger partial charge in [0.05, 0.1) is 5.75 Å². The molecule has 0 unspecified atom stereocenters. The number of nitrogens with zero attached hydrogens (tertiary/aromatic N) is 1. The van der Waals surface area contributed by atoms with Gasteiger partial charge in [-0.2, -0.15) is 4.31 Å². The van der Waals surface area contributed by atoms with Crippen LogP contribution in [0.25, 0.3) is 0 Å². The Bertz CT molecular complexity index is 272. The predicted molar refractivity (Wildman–Crippen MR) is 52.9 cm³/mol. The van der Waals surface area contributed by atoms with Crippen LogP contribution in [0.4, 0.5) is 0 Å². The quantitative estimate of drug-likeness (QED) is 0.715. The normalized spacial score (nSPS) is 23.6. The average Bonchev–Trinajstić information content (AvgIpc) is 2.29. The fraction of sp³-hybridized carbons (Fsp3) is 1.00. The maximum atomic E-state index is 11.6. The van der Waals surface area contributed by atoms with Crippen molar-refractivity contribution in [3.8, 4) is 0 Å². The summed E-state index contributed by atoms with van der Waals surface area (Å²) in [7, 11) is -2.99. The molecule has 0 saturated carbocycles. The van der Waals surface area contributed by atoms with Gasteiger partial charge in [0, 0.05) is 12.1 Å². The minimum Gasteiger partial charge on any atom is -0.330 e. The van der Waals surface area contributed by atoms with E-state index in [1.54, 1.807) is 4.31 Å². The van der Waals surface area contributed by atoms with E-state index in [4.69, 9.17) is 5.73 Å². The SMILES string of the molecule is CC(C)(CCN)N1CCCS1(=O)=O. The van der Waals surface area contributed by atoms with Crippen molar-refractivity contribution in [1.82, 2.24) is 4.31 Å². The zero-order chi connectivity index (χ0) is 10.1. The molecule has 1 rings (SSSR count). The van der Waals surface area contributed by atoms with Crippen LogP contribution in [0.15, 0.2) is 0 Å². The van der Waals surface area contributed by atoms with Crippen molar-refractivity contribution in [3.63, 3.8) is 0 Å². The first-order chi connectivity index (χ1) is 5.90. The summed E-state index contributed by atoms with van der Waals surface area (Å²) >= 11 is 0. The van der Waals surface area contributed by atoms with Crippen LogP contribution in [0, 0.1) is 0 Å². The molecule has 2 N–H and O–H groups in total. The van der Waals surface area contributed by atoms with Crippen molar-refractivity contribution >= 4 is 10.0 Å². The molecule has 5 heteroatoms. The summed E-state index contributed by atoms with van der Waals surface area (Å²) in [6.07, 6.45) is 1.46. The molecule has 0 atom stereocenters. The predicted octanol–water partition coefficient (Wildman–Crippen LogP) is 0.149. The van der Waals surface area contributed by atoms with E-state index in [1.165, 1.54) is 0 Å². The molecule has 0 aliphatic carbocycles. The summed E-state index contributed by atoms with van der Waals surface area (Å²) in [5.41, 5.74) is 5.13. The molecule has 1 fully saturated rings. The molecular formula is C8H18N2O2S. The van der Waals surface area contributed by atoms with E-state index in [0.717, 1.165) is 6.42 Å². The second-order valence-electron chi connectivity index (χ2n) is 4.09. The summed E-state index contributed by atoms with van der Waals surface area (Å²) in [6.45, 7) is 5.04. The molecular weight excluding hydrogens is 188 g/mol. The lowest BCUT2D eigenvalue weighted by atomic mass is 10.0. The lowest BCUT2D eigenvalue weighted by molar-refractivity contribution is 0.231. The minimum atomic E-state index is -2.99. The Morgan fingerprint density at radius 3 is 2.46 bits per heavy atom. The first kappa shape index (κ1) is 10.9. The second kappa shape index (κ2) is 3.55. The lowest BCUT2D eigenvalue weighted by Crippen LogP contribution is -2.46. The van der Waals surface area contributed by atoms with Crippen LogP contribution in [0.2, 0.25) is 0 Å². The Morgan fingerprint density at radius 1 is 1.46 bits per heavy atom. The third kappa shape index (κ3) is 2.21. The number of sulfonamides is 1. The van der Waals surface area contributed by atoms with Crippen LogP contribution in [-0.2, 0) is 10.0 Å². The highest BCUT2D eigenvalue weighted by Crippen LogP contribution is 2.26. The molecule has 78 valence electrons. The fourth-order valence-corrected chi connectivity index (χ4v) is 3.76. The summed E-state index contributed by atoms with van der Waals surface area (Å²) in [5, 5.41) is 0. The maximum absolute atomic E-state index is 11.6. The van der Waals surface area contributed by atoms with Gasteiger partial charge in [0.2, 0.25) is 10.0 Å². The highest BCUT2D eigenvalue weighted by molar-refractivity contribution is 7.89. The monoisotopic (exact) mass is 206 g/mol. The zero-order valence-electron chi connectivity index (χ0n) is 8.28. The van der Waals surface area contributed by atoms with Crippen LogP contribution in [0.5, 0.6) is 0 Å². The third-order valence-electron chi connectivity index (χ3n) is 2.53. The van der Waals surface area contributed by atoms with Crippen molar-refractivity contribution in [2.75, 3.05) is 18.8 Å². The fourth-order valence-electron chi connectivity index (χ4n) is 1.80. The standard InChI is InChI=1S/C8H18N2O2S/c1-8(2,4-5-9)10-6-3-7-13(10,11)12/h3-7,9H2,1-2H3. The van der Waals surface area contributed by atoms with Crippen LogP contribution < -0.4 is 5.73 Å². The van der Waals surface area contributed by atoms with Gasteiger partial charge in [-0.1, -0.05) is 0 Å². The van der Waals surface area contributed by atoms with Gasteiger partial charge in [-0.25, -0.2) is 8.42 Å². The Hall–Kier alpha value is -0.130. The van der Waals surface area contributed by atoms with Gasteiger partial charge in [-0.15, -0.1) is 0 Å². The highest BCUT2D eigenvalue weighted by atomic mass is 32.2. The smallest absolute Gasteiger partial charge is 0.214 e. The van der Waals surface area contributed by atoms with E-state index in [0.29, 0.717) is 25.3 Å². The molecule has 4 nitrogen and oxygen atoms in total. The first-order valence-electron chi connectivity index (χ1n) is 4.61. The van der Waals surface area contributed by atoms with Gasteiger partial charge in [0.15, 0.2) is 0 Å². The molecule has 0 aromatic heterocycles. The van der Waals surface area contributed by atoms with Crippen molar-refractivity contribution in [3.05, 3.63) is 0 Å². The van der Waals surface area contributed by atoms with E-state index < -0.39 is 10.0 Å². The summed E-state index contributed by atoms with van der Waals surface area (Å²) in [4.78, 5) is 0. The molecule has 1 aliphatic rings. The Balaban J connectivity index is 2.82. The summed E-state index contributed by atoms with van der Waals surface area (Å²) in [6, 6.07) is 0. The second-order valence-corrected chi connectivity index (χ2v) is 6.11. The first-order valence-corrected chi connectivity index (χ1v) is 6.22. The molecule has 0 aromatic carbocycles. The van der Waals surface area contributed by atoms with Crippen LogP contribution in [0.1, 0.15) is 26.7 Å². The van der Waals surface area contributed by atoms with E-state index >= 15 is 0 Å². The van der Waals surface area contributed by atoms with Crippen molar-refractivity contribution in [2.24, 2.45) is 5.73 Å². The highest BCUT2D eigenvalue weighted by Gasteiger charge is 2.38. The van der Waals surface area contributed by atoms with Gasteiger partial charge >= 0.3 is 0 Å². The van der Waals surface area contributed by atoms with E-state index in [-0.39, 0.29) is 5.54 Å². The zero-order valence-corrected chi connectivity index (χ0v) is 9.10. The number of rotatable bonds is 3. The molecule has 0 bridgehead atoms. The third-order valence-corrected chi connectivity index (χ3v) is 4.68. The maximum Gasteiger partial charge on any atom is 0.214 e.